The fourth-order valence-corrected chi connectivity index (χ4v) is 3.25. The molecule has 19 heavy (non-hydrogen) atoms. The zero-order valence-corrected chi connectivity index (χ0v) is 11.8. The van der Waals surface area contributed by atoms with Crippen LogP contribution in [-0.2, 0) is 6.54 Å². The van der Waals surface area contributed by atoms with Gasteiger partial charge in [0, 0.05) is 18.7 Å². The van der Waals surface area contributed by atoms with Crippen molar-refractivity contribution in [1.29, 1.82) is 0 Å². The van der Waals surface area contributed by atoms with Crippen LogP contribution >= 0.6 is 0 Å². The Hall–Kier alpha value is -0.940. The highest BCUT2D eigenvalue weighted by Crippen LogP contribution is 2.37. The average Bonchev–Trinajstić information content (AvgIpc) is 3.18. The van der Waals surface area contributed by atoms with Gasteiger partial charge in [-0.1, -0.05) is 6.42 Å². The topological polar surface area (TPSA) is 54.2 Å². The minimum Gasteiger partial charge on any atom is -0.396 e. The van der Waals surface area contributed by atoms with Crippen molar-refractivity contribution in [3.63, 3.8) is 0 Å². The normalized spacial score (nSPS) is 24.8. The molecule has 1 aromatic rings. The predicted molar refractivity (Wildman–Crippen MR) is 72.8 cm³/mol. The van der Waals surface area contributed by atoms with E-state index >= 15 is 0 Å². The number of aryl methyl sites for hydroxylation is 1. The van der Waals surface area contributed by atoms with E-state index < -0.39 is 0 Å². The Labute approximate surface area is 114 Å². The Kier molecular flexibility index (Phi) is 3.84. The lowest BCUT2D eigenvalue weighted by Gasteiger charge is -2.35. The van der Waals surface area contributed by atoms with E-state index in [9.17, 15) is 5.11 Å². The van der Waals surface area contributed by atoms with Crippen molar-refractivity contribution >= 4 is 0 Å². The molecule has 2 fully saturated rings. The summed E-state index contributed by atoms with van der Waals surface area (Å²) in [5.74, 6) is 2.16. The van der Waals surface area contributed by atoms with E-state index in [0.717, 1.165) is 31.2 Å². The van der Waals surface area contributed by atoms with Crippen molar-refractivity contribution in [3.05, 3.63) is 11.6 Å². The van der Waals surface area contributed by atoms with E-state index in [4.69, 9.17) is 0 Å². The zero-order chi connectivity index (χ0) is 13.2. The van der Waals surface area contributed by atoms with Gasteiger partial charge in [0.15, 0.2) is 0 Å². The third kappa shape index (κ3) is 2.82. The molecular weight excluding hydrogens is 240 g/mol. The number of hydrogen-bond donors (Lipinski definition) is 1. The van der Waals surface area contributed by atoms with Gasteiger partial charge in [0.05, 0.1) is 6.54 Å². The van der Waals surface area contributed by atoms with Crippen molar-refractivity contribution in [2.45, 2.75) is 64.1 Å². The standard InChI is InChI=1S/C14H24N4O/c1-11-15-16-14(18(11)13-5-6-13)10-17-8-3-2-4-12(17)7-9-19/h12-13,19H,2-10H2,1H3. The summed E-state index contributed by atoms with van der Waals surface area (Å²) in [5, 5.41) is 17.8. The van der Waals surface area contributed by atoms with Gasteiger partial charge in [-0.05, 0) is 45.6 Å². The van der Waals surface area contributed by atoms with E-state index in [2.05, 4.69) is 26.6 Å². The first kappa shape index (κ1) is 13.1. The van der Waals surface area contributed by atoms with E-state index in [1.807, 2.05) is 0 Å². The second kappa shape index (κ2) is 5.59. The zero-order valence-electron chi connectivity index (χ0n) is 11.8. The van der Waals surface area contributed by atoms with Crippen LogP contribution in [0.5, 0.6) is 0 Å². The molecule has 1 aromatic heterocycles. The Morgan fingerprint density at radius 2 is 2.05 bits per heavy atom. The van der Waals surface area contributed by atoms with Crippen LogP contribution in [0.25, 0.3) is 0 Å². The third-order valence-corrected chi connectivity index (χ3v) is 4.40. The second-order valence-electron chi connectivity index (χ2n) is 5.90. The molecule has 2 aliphatic rings. The van der Waals surface area contributed by atoms with Crippen LogP contribution < -0.4 is 0 Å². The van der Waals surface area contributed by atoms with Crippen molar-refractivity contribution in [2.24, 2.45) is 0 Å². The molecule has 1 N–H and O–H groups in total. The van der Waals surface area contributed by atoms with Crippen LogP contribution in [-0.4, -0.2) is 44.0 Å². The van der Waals surface area contributed by atoms with Crippen LogP contribution in [0.15, 0.2) is 0 Å². The molecule has 1 unspecified atom stereocenters. The highest BCUT2D eigenvalue weighted by Gasteiger charge is 2.30. The van der Waals surface area contributed by atoms with Crippen LogP contribution in [0.1, 0.15) is 56.2 Å². The summed E-state index contributed by atoms with van der Waals surface area (Å²) in [6.07, 6.45) is 7.18. The van der Waals surface area contributed by atoms with Gasteiger partial charge in [-0.2, -0.15) is 0 Å². The molecule has 0 radical (unpaired) electrons. The fraction of sp³-hybridized carbons (Fsp3) is 0.857. The molecule has 1 aliphatic heterocycles. The Morgan fingerprint density at radius 1 is 1.21 bits per heavy atom. The predicted octanol–water partition coefficient (Wildman–Crippen LogP) is 1.66. The smallest absolute Gasteiger partial charge is 0.147 e. The van der Waals surface area contributed by atoms with Gasteiger partial charge >= 0.3 is 0 Å². The van der Waals surface area contributed by atoms with Crippen LogP contribution in [0.2, 0.25) is 0 Å². The van der Waals surface area contributed by atoms with Crippen LogP contribution in [0.3, 0.4) is 0 Å². The molecule has 0 amide bonds. The van der Waals surface area contributed by atoms with Crippen molar-refractivity contribution in [2.75, 3.05) is 13.2 Å². The Bertz CT molecular complexity index is 425. The summed E-state index contributed by atoms with van der Waals surface area (Å²) in [6.45, 7) is 4.36. The lowest BCUT2D eigenvalue weighted by atomic mass is 10.00. The maximum Gasteiger partial charge on any atom is 0.147 e. The molecule has 0 aromatic carbocycles. The SMILES string of the molecule is Cc1nnc(CN2CCCCC2CCO)n1C1CC1. The van der Waals surface area contributed by atoms with E-state index in [0.29, 0.717) is 12.1 Å². The molecular formula is C14H24N4O. The molecule has 5 nitrogen and oxygen atoms in total. The molecule has 0 bridgehead atoms. The molecule has 1 atom stereocenters. The van der Waals surface area contributed by atoms with Crippen molar-refractivity contribution < 1.29 is 5.11 Å². The summed E-state index contributed by atoms with van der Waals surface area (Å²) in [5.41, 5.74) is 0. The summed E-state index contributed by atoms with van der Waals surface area (Å²) in [7, 11) is 0. The first-order valence-corrected chi connectivity index (χ1v) is 7.55. The number of aliphatic hydroxyl groups excluding tert-OH is 1. The third-order valence-electron chi connectivity index (χ3n) is 4.40. The molecule has 1 aliphatic carbocycles. The van der Waals surface area contributed by atoms with E-state index in [1.54, 1.807) is 0 Å². The van der Waals surface area contributed by atoms with Crippen LogP contribution in [0, 0.1) is 6.92 Å². The van der Waals surface area contributed by atoms with E-state index in [1.165, 1.54) is 32.1 Å². The summed E-state index contributed by atoms with van der Waals surface area (Å²) in [4.78, 5) is 2.49. The lowest BCUT2D eigenvalue weighted by Crippen LogP contribution is -2.40. The van der Waals surface area contributed by atoms with Gasteiger partial charge in [0.25, 0.3) is 0 Å². The highest BCUT2D eigenvalue weighted by molar-refractivity contribution is 5.02. The van der Waals surface area contributed by atoms with Gasteiger partial charge in [-0.25, -0.2) is 0 Å². The molecule has 1 saturated heterocycles. The first-order valence-electron chi connectivity index (χ1n) is 7.55. The minimum atomic E-state index is 0.287. The molecule has 3 rings (SSSR count). The van der Waals surface area contributed by atoms with Gasteiger partial charge in [-0.3, -0.25) is 4.90 Å². The van der Waals surface area contributed by atoms with E-state index in [-0.39, 0.29) is 6.61 Å². The molecule has 5 heteroatoms. The molecule has 106 valence electrons. The molecule has 1 saturated carbocycles. The number of aromatic nitrogens is 3. The molecule has 2 heterocycles. The van der Waals surface area contributed by atoms with Gasteiger partial charge in [0.1, 0.15) is 11.6 Å². The largest absolute Gasteiger partial charge is 0.396 e. The summed E-state index contributed by atoms with van der Waals surface area (Å²) in [6, 6.07) is 1.16. The first-order chi connectivity index (χ1) is 9.29. The van der Waals surface area contributed by atoms with Gasteiger partial charge in [-0.15, -0.1) is 10.2 Å². The number of nitrogens with zero attached hydrogens (tertiary/aromatic N) is 4. The quantitative estimate of drug-likeness (QED) is 0.878. The van der Waals surface area contributed by atoms with Gasteiger partial charge < -0.3 is 9.67 Å². The number of likely N-dealkylation sites (tertiary alicyclic amines) is 1. The minimum absolute atomic E-state index is 0.287. The Balaban J connectivity index is 1.72. The Morgan fingerprint density at radius 3 is 2.79 bits per heavy atom. The van der Waals surface area contributed by atoms with Gasteiger partial charge in [0.2, 0.25) is 0 Å². The summed E-state index contributed by atoms with van der Waals surface area (Å²) >= 11 is 0. The van der Waals surface area contributed by atoms with Crippen molar-refractivity contribution in [1.82, 2.24) is 19.7 Å². The molecule has 0 spiro atoms. The van der Waals surface area contributed by atoms with Crippen molar-refractivity contribution in [3.8, 4) is 0 Å². The maximum absolute atomic E-state index is 9.20. The van der Waals surface area contributed by atoms with Crippen LogP contribution in [0.4, 0.5) is 0 Å². The highest BCUT2D eigenvalue weighted by atomic mass is 16.3. The lowest BCUT2D eigenvalue weighted by molar-refractivity contribution is 0.108. The number of hydrogen-bond acceptors (Lipinski definition) is 4. The monoisotopic (exact) mass is 264 g/mol. The number of piperidine rings is 1. The second-order valence-corrected chi connectivity index (χ2v) is 5.90. The maximum atomic E-state index is 9.20. The average molecular weight is 264 g/mol. The summed E-state index contributed by atoms with van der Waals surface area (Å²) < 4.78 is 2.32. The number of rotatable bonds is 5. The fourth-order valence-electron chi connectivity index (χ4n) is 3.25. The number of aliphatic hydroxyl groups is 1.